The number of aromatic nitrogens is 2. The summed E-state index contributed by atoms with van der Waals surface area (Å²) in [6.07, 6.45) is 7.47. The predicted octanol–water partition coefficient (Wildman–Crippen LogP) is 3.52. The summed E-state index contributed by atoms with van der Waals surface area (Å²) in [6, 6.07) is 2.94. The van der Waals surface area contributed by atoms with E-state index >= 15 is 0 Å². The lowest BCUT2D eigenvalue weighted by Crippen LogP contribution is -2.25. The van der Waals surface area contributed by atoms with Crippen LogP contribution < -0.4 is 5.32 Å². The lowest BCUT2D eigenvalue weighted by molar-refractivity contribution is 0.243. The number of hydrogen-bond donors (Lipinski definition) is 1. The average Bonchev–Trinajstić information content (AvgIpc) is 3.24. The van der Waals surface area contributed by atoms with Crippen LogP contribution in [0.2, 0.25) is 0 Å². The fourth-order valence-corrected chi connectivity index (χ4v) is 3.02. The molecule has 1 fully saturated rings. The van der Waals surface area contributed by atoms with E-state index in [4.69, 9.17) is 0 Å². The van der Waals surface area contributed by atoms with Gasteiger partial charge in [-0.2, -0.15) is 11.3 Å². The zero-order valence-electron chi connectivity index (χ0n) is 12.5. The first kappa shape index (κ1) is 14.5. The quantitative estimate of drug-likeness (QED) is 0.810. The molecule has 1 aliphatic carbocycles. The first-order chi connectivity index (χ1) is 10.3. The average molecular weight is 302 g/mol. The van der Waals surface area contributed by atoms with Gasteiger partial charge in [0.1, 0.15) is 5.82 Å². The first-order valence-electron chi connectivity index (χ1n) is 7.65. The van der Waals surface area contributed by atoms with Gasteiger partial charge in [-0.25, -0.2) is 4.98 Å². The second-order valence-corrected chi connectivity index (χ2v) is 6.37. The third-order valence-electron chi connectivity index (χ3n) is 3.66. The van der Waals surface area contributed by atoms with Crippen LogP contribution in [-0.4, -0.2) is 27.5 Å². The zero-order valence-corrected chi connectivity index (χ0v) is 13.3. The van der Waals surface area contributed by atoms with E-state index in [9.17, 15) is 0 Å². The molecule has 1 saturated carbocycles. The molecule has 0 bridgehead atoms. The third-order valence-corrected chi connectivity index (χ3v) is 4.39. The highest BCUT2D eigenvalue weighted by Gasteiger charge is 2.29. The van der Waals surface area contributed by atoms with E-state index < -0.39 is 0 Å². The highest BCUT2D eigenvalue weighted by molar-refractivity contribution is 7.07. The maximum absolute atomic E-state index is 4.55. The Bertz CT molecular complexity index is 534. The summed E-state index contributed by atoms with van der Waals surface area (Å²) in [5.74, 6) is 0.872. The van der Waals surface area contributed by atoms with Gasteiger partial charge in [0.05, 0.1) is 18.1 Å². The number of rotatable bonds is 8. The SMILES string of the molecule is CCCNc1cnc(CN(Cc2ccsc2)C2CC2)cn1. The maximum atomic E-state index is 4.55. The molecule has 4 nitrogen and oxygen atoms in total. The molecule has 0 radical (unpaired) electrons. The van der Waals surface area contributed by atoms with Crippen molar-refractivity contribution in [3.8, 4) is 0 Å². The first-order valence-corrected chi connectivity index (χ1v) is 8.59. The molecule has 0 aliphatic heterocycles. The number of nitrogens with zero attached hydrogens (tertiary/aromatic N) is 3. The van der Waals surface area contributed by atoms with E-state index in [2.05, 4.69) is 43.9 Å². The molecule has 2 heterocycles. The van der Waals surface area contributed by atoms with Crippen molar-refractivity contribution >= 4 is 17.2 Å². The minimum atomic E-state index is 0.726. The van der Waals surface area contributed by atoms with Crippen molar-refractivity contribution in [1.82, 2.24) is 14.9 Å². The third kappa shape index (κ3) is 4.25. The Morgan fingerprint density at radius 3 is 2.81 bits per heavy atom. The van der Waals surface area contributed by atoms with Gasteiger partial charge in [-0.3, -0.25) is 9.88 Å². The Balaban J connectivity index is 1.60. The summed E-state index contributed by atoms with van der Waals surface area (Å²) in [5, 5.41) is 7.64. The van der Waals surface area contributed by atoms with Gasteiger partial charge >= 0.3 is 0 Å². The molecular weight excluding hydrogens is 280 g/mol. The molecule has 0 aromatic carbocycles. The van der Waals surface area contributed by atoms with Gasteiger partial charge in [-0.1, -0.05) is 6.92 Å². The fraction of sp³-hybridized carbons (Fsp3) is 0.500. The van der Waals surface area contributed by atoms with Crippen LogP contribution in [0.15, 0.2) is 29.2 Å². The molecule has 112 valence electrons. The van der Waals surface area contributed by atoms with Crippen LogP contribution in [0.25, 0.3) is 0 Å². The summed E-state index contributed by atoms with van der Waals surface area (Å²) in [5.41, 5.74) is 2.46. The summed E-state index contributed by atoms with van der Waals surface area (Å²) in [7, 11) is 0. The zero-order chi connectivity index (χ0) is 14.5. The topological polar surface area (TPSA) is 41.1 Å². The standard InChI is InChI=1S/C16H22N4S/c1-2-6-17-16-9-18-14(8-19-16)11-20(15-3-4-15)10-13-5-7-21-12-13/h5,7-9,12,15H,2-4,6,10-11H2,1H3,(H,17,19). The van der Waals surface area contributed by atoms with E-state index in [-0.39, 0.29) is 0 Å². The van der Waals surface area contributed by atoms with Crippen molar-refractivity contribution in [1.29, 1.82) is 0 Å². The van der Waals surface area contributed by atoms with Crippen LogP contribution in [0.3, 0.4) is 0 Å². The van der Waals surface area contributed by atoms with Crippen LogP contribution in [0, 0.1) is 0 Å². The highest BCUT2D eigenvalue weighted by Crippen LogP contribution is 2.29. The number of thiophene rings is 1. The minimum Gasteiger partial charge on any atom is -0.369 e. The van der Waals surface area contributed by atoms with Gasteiger partial charge in [0.2, 0.25) is 0 Å². The van der Waals surface area contributed by atoms with Gasteiger partial charge in [0.25, 0.3) is 0 Å². The Kier molecular flexibility index (Phi) is 4.83. The van der Waals surface area contributed by atoms with Gasteiger partial charge in [0, 0.05) is 25.7 Å². The fourth-order valence-electron chi connectivity index (χ4n) is 2.36. The van der Waals surface area contributed by atoms with Gasteiger partial charge in [0.15, 0.2) is 0 Å². The highest BCUT2D eigenvalue weighted by atomic mass is 32.1. The largest absolute Gasteiger partial charge is 0.369 e. The number of hydrogen-bond acceptors (Lipinski definition) is 5. The smallest absolute Gasteiger partial charge is 0.144 e. The van der Waals surface area contributed by atoms with Crippen molar-refractivity contribution in [3.63, 3.8) is 0 Å². The van der Waals surface area contributed by atoms with Gasteiger partial charge in [-0.05, 0) is 41.7 Å². The Morgan fingerprint density at radius 1 is 1.29 bits per heavy atom. The molecular formula is C16H22N4S. The van der Waals surface area contributed by atoms with E-state index in [1.165, 1.54) is 18.4 Å². The maximum Gasteiger partial charge on any atom is 0.144 e. The van der Waals surface area contributed by atoms with E-state index in [1.807, 2.05) is 12.4 Å². The molecule has 0 spiro atoms. The predicted molar refractivity (Wildman–Crippen MR) is 87.4 cm³/mol. The molecule has 0 saturated heterocycles. The van der Waals surface area contributed by atoms with Crippen molar-refractivity contribution in [2.45, 2.75) is 45.3 Å². The van der Waals surface area contributed by atoms with Crippen molar-refractivity contribution in [3.05, 3.63) is 40.5 Å². The molecule has 21 heavy (non-hydrogen) atoms. The van der Waals surface area contributed by atoms with E-state index in [0.717, 1.165) is 43.6 Å². The van der Waals surface area contributed by atoms with Gasteiger partial charge < -0.3 is 5.32 Å². The lowest BCUT2D eigenvalue weighted by Gasteiger charge is -2.21. The van der Waals surface area contributed by atoms with Crippen LogP contribution in [0.1, 0.15) is 37.4 Å². The molecule has 0 amide bonds. The molecule has 2 aromatic heterocycles. The van der Waals surface area contributed by atoms with Crippen molar-refractivity contribution in [2.75, 3.05) is 11.9 Å². The van der Waals surface area contributed by atoms with Crippen molar-refractivity contribution in [2.24, 2.45) is 0 Å². The normalized spacial score (nSPS) is 14.6. The monoisotopic (exact) mass is 302 g/mol. The van der Waals surface area contributed by atoms with Gasteiger partial charge in [-0.15, -0.1) is 0 Å². The minimum absolute atomic E-state index is 0.726. The molecule has 1 N–H and O–H groups in total. The molecule has 0 atom stereocenters. The summed E-state index contributed by atoms with van der Waals surface area (Å²) in [4.78, 5) is 11.5. The second-order valence-electron chi connectivity index (χ2n) is 5.59. The summed E-state index contributed by atoms with van der Waals surface area (Å²) in [6.45, 7) is 5.00. The molecule has 2 aromatic rings. The lowest BCUT2D eigenvalue weighted by atomic mass is 10.3. The van der Waals surface area contributed by atoms with E-state index in [0.29, 0.717) is 0 Å². The molecule has 3 rings (SSSR count). The van der Waals surface area contributed by atoms with Crippen molar-refractivity contribution < 1.29 is 0 Å². The molecule has 5 heteroatoms. The second kappa shape index (κ2) is 7.00. The summed E-state index contributed by atoms with van der Waals surface area (Å²) < 4.78 is 0. The van der Waals surface area contributed by atoms with Crippen LogP contribution in [-0.2, 0) is 13.1 Å². The summed E-state index contributed by atoms with van der Waals surface area (Å²) >= 11 is 1.77. The van der Waals surface area contributed by atoms with E-state index in [1.54, 1.807) is 11.3 Å². The van der Waals surface area contributed by atoms with Crippen LogP contribution in [0.4, 0.5) is 5.82 Å². The molecule has 0 unspecified atom stereocenters. The Hall–Kier alpha value is -1.46. The Labute approximate surface area is 130 Å². The van der Waals surface area contributed by atoms with Crippen LogP contribution in [0.5, 0.6) is 0 Å². The molecule has 1 aliphatic rings. The number of anilines is 1. The Morgan fingerprint density at radius 2 is 2.19 bits per heavy atom. The number of nitrogens with one attached hydrogen (secondary N) is 1. The van der Waals surface area contributed by atoms with Crippen LogP contribution >= 0.6 is 11.3 Å².